The number of halogens is 3. The molecular formula is C9H6F3NO3. The third-order valence-corrected chi connectivity index (χ3v) is 1.61. The van der Waals surface area contributed by atoms with Crippen molar-refractivity contribution in [2.45, 2.75) is 6.18 Å². The van der Waals surface area contributed by atoms with Crippen molar-refractivity contribution in [1.29, 1.82) is 0 Å². The van der Waals surface area contributed by atoms with E-state index in [2.05, 4.69) is 4.98 Å². The fourth-order valence-electron chi connectivity index (χ4n) is 0.941. The van der Waals surface area contributed by atoms with Gasteiger partial charge in [0.1, 0.15) is 5.56 Å². The van der Waals surface area contributed by atoms with E-state index in [9.17, 15) is 18.0 Å². The smallest absolute Gasteiger partial charge is 0.421 e. The molecule has 0 unspecified atom stereocenters. The van der Waals surface area contributed by atoms with E-state index in [-0.39, 0.29) is 5.56 Å². The Labute approximate surface area is 87.7 Å². The number of nitrogens with zero attached hydrogens (tertiary/aromatic N) is 1. The molecule has 1 aromatic heterocycles. The number of carboxylic acid groups (broad SMARTS) is 1. The van der Waals surface area contributed by atoms with Crippen molar-refractivity contribution in [3.8, 4) is 5.88 Å². The van der Waals surface area contributed by atoms with Crippen LogP contribution in [0.2, 0.25) is 0 Å². The van der Waals surface area contributed by atoms with Gasteiger partial charge in [-0.3, -0.25) is 0 Å². The average Bonchev–Trinajstić information content (AvgIpc) is 2.14. The molecule has 1 rings (SSSR count). The van der Waals surface area contributed by atoms with Crippen molar-refractivity contribution in [3.63, 3.8) is 0 Å². The lowest BCUT2D eigenvalue weighted by Crippen LogP contribution is -2.06. The van der Waals surface area contributed by atoms with Gasteiger partial charge in [0.05, 0.1) is 0 Å². The Balaban J connectivity index is 3.13. The zero-order valence-electron chi connectivity index (χ0n) is 7.69. The molecule has 0 saturated carbocycles. The number of aromatic hydroxyl groups is 1. The summed E-state index contributed by atoms with van der Waals surface area (Å²) in [6, 6.07) is 0.613. The molecule has 7 heteroatoms. The first kappa shape index (κ1) is 12.0. The molecule has 0 aliphatic carbocycles. The van der Waals surface area contributed by atoms with E-state index < -0.39 is 23.6 Å². The molecule has 2 N–H and O–H groups in total. The SMILES string of the molecule is O=C(O)/C=C/c1cnc(O)c(C(F)(F)F)c1. The summed E-state index contributed by atoms with van der Waals surface area (Å²) in [5, 5.41) is 17.2. The highest BCUT2D eigenvalue weighted by molar-refractivity contribution is 5.85. The number of hydrogen-bond donors (Lipinski definition) is 2. The standard InChI is InChI=1S/C9H6F3NO3/c10-9(11,12)6-3-5(1-2-7(14)15)4-13-8(6)16/h1-4H,(H,13,16)(H,14,15)/b2-1+. The minimum atomic E-state index is -4.73. The summed E-state index contributed by atoms with van der Waals surface area (Å²) in [5.74, 6) is -2.43. The summed E-state index contributed by atoms with van der Waals surface area (Å²) >= 11 is 0. The number of alkyl halides is 3. The number of hydrogen-bond acceptors (Lipinski definition) is 3. The minimum absolute atomic E-state index is 0.0625. The predicted molar refractivity (Wildman–Crippen MR) is 47.6 cm³/mol. The molecule has 0 bridgehead atoms. The molecule has 1 heterocycles. The second-order valence-corrected chi connectivity index (χ2v) is 2.81. The summed E-state index contributed by atoms with van der Waals surface area (Å²) in [4.78, 5) is 13.3. The fourth-order valence-corrected chi connectivity index (χ4v) is 0.941. The van der Waals surface area contributed by atoms with Crippen LogP contribution < -0.4 is 0 Å². The van der Waals surface area contributed by atoms with Crippen LogP contribution in [0.3, 0.4) is 0 Å². The fraction of sp³-hybridized carbons (Fsp3) is 0.111. The van der Waals surface area contributed by atoms with E-state index in [0.29, 0.717) is 12.1 Å². The Morgan fingerprint density at radius 2 is 2.06 bits per heavy atom. The highest BCUT2D eigenvalue weighted by Crippen LogP contribution is 2.34. The Morgan fingerprint density at radius 1 is 1.44 bits per heavy atom. The lowest BCUT2D eigenvalue weighted by molar-refractivity contribution is -0.139. The molecule has 0 amide bonds. The van der Waals surface area contributed by atoms with Crippen LogP contribution >= 0.6 is 0 Å². The van der Waals surface area contributed by atoms with Crippen LogP contribution in [0.15, 0.2) is 18.3 Å². The lowest BCUT2D eigenvalue weighted by atomic mass is 10.2. The van der Waals surface area contributed by atoms with Gasteiger partial charge in [0.25, 0.3) is 0 Å². The molecule has 0 aliphatic rings. The molecule has 0 fully saturated rings. The van der Waals surface area contributed by atoms with Crippen LogP contribution in [-0.4, -0.2) is 21.2 Å². The topological polar surface area (TPSA) is 70.4 Å². The van der Waals surface area contributed by atoms with Gasteiger partial charge in [-0.15, -0.1) is 0 Å². The van der Waals surface area contributed by atoms with Crippen molar-refractivity contribution in [2.24, 2.45) is 0 Å². The van der Waals surface area contributed by atoms with Gasteiger partial charge < -0.3 is 10.2 Å². The summed E-state index contributed by atoms with van der Waals surface area (Å²) in [6.07, 6.45) is -2.17. The van der Waals surface area contributed by atoms with Crippen molar-refractivity contribution in [1.82, 2.24) is 4.98 Å². The van der Waals surface area contributed by atoms with E-state index in [1.54, 1.807) is 0 Å². The van der Waals surface area contributed by atoms with E-state index in [0.717, 1.165) is 12.3 Å². The Kier molecular flexibility index (Phi) is 3.17. The van der Waals surface area contributed by atoms with Gasteiger partial charge in [-0.2, -0.15) is 13.2 Å². The second-order valence-electron chi connectivity index (χ2n) is 2.81. The Bertz CT molecular complexity index is 440. The zero-order chi connectivity index (χ0) is 12.3. The minimum Gasteiger partial charge on any atom is -0.493 e. The molecule has 0 atom stereocenters. The monoisotopic (exact) mass is 233 g/mol. The Hall–Kier alpha value is -2.05. The van der Waals surface area contributed by atoms with Crippen molar-refractivity contribution in [3.05, 3.63) is 29.5 Å². The van der Waals surface area contributed by atoms with Gasteiger partial charge in [-0.05, 0) is 17.7 Å². The molecule has 4 nitrogen and oxygen atoms in total. The maximum atomic E-state index is 12.3. The number of rotatable bonds is 2. The number of carboxylic acids is 1. The molecular weight excluding hydrogens is 227 g/mol. The van der Waals surface area contributed by atoms with Crippen LogP contribution in [0, 0.1) is 0 Å². The summed E-state index contributed by atoms with van der Waals surface area (Å²) < 4.78 is 36.9. The van der Waals surface area contributed by atoms with Crippen LogP contribution in [0.4, 0.5) is 13.2 Å². The summed E-state index contributed by atoms with van der Waals surface area (Å²) in [5.41, 5.74) is -1.37. The molecule has 0 spiro atoms. The van der Waals surface area contributed by atoms with Crippen molar-refractivity contribution >= 4 is 12.0 Å². The van der Waals surface area contributed by atoms with E-state index in [1.807, 2.05) is 0 Å². The van der Waals surface area contributed by atoms with Gasteiger partial charge in [-0.25, -0.2) is 9.78 Å². The lowest BCUT2D eigenvalue weighted by Gasteiger charge is -2.08. The summed E-state index contributed by atoms with van der Waals surface area (Å²) in [7, 11) is 0. The van der Waals surface area contributed by atoms with Crippen LogP contribution in [0.25, 0.3) is 6.08 Å². The van der Waals surface area contributed by atoms with Crippen molar-refractivity contribution in [2.75, 3.05) is 0 Å². The Morgan fingerprint density at radius 3 is 2.56 bits per heavy atom. The van der Waals surface area contributed by atoms with E-state index in [1.165, 1.54) is 0 Å². The van der Waals surface area contributed by atoms with E-state index in [4.69, 9.17) is 10.2 Å². The highest BCUT2D eigenvalue weighted by Gasteiger charge is 2.34. The quantitative estimate of drug-likeness (QED) is 0.765. The maximum absolute atomic E-state index is 12.3. The third-order valence-electron chi connectivity index (χ3n) is 1.61. The largest absolute Gasteiger partial charge is 0.493 e. The first-order chi connectivity index (χ1) is 7.30. The number of carbonyl (C=O) groups is 1. The van der Waals surface area contributed by atoms with Crippen LogP contribution in [0.1, 0.15) is 11.1 Å². The molecule has 16 heavy (non-hydrogen) atoms. The normalized spacial score (nSPS) is 11.9. The summed E-state index contributed by atoms with van der Waals surface area (Å²) in [6.45, 7) is 0. The molecule has 86 valence electrons. The first-order valence-corrected chi connectivity index (χ1v) is 3.98. The number of aromatic nitrogens is 1. The molecule has 0 aliphatic heterocycles. The van der Waals surface area contributed by atoms with Gasteiger partial charge in [0.2, 0.25) is 5.88 Å². The number of pyridine rings is 1. The maximum Gasteiger partial charge on any atom is 0.421 e. The van der Waals surface area contributed by atoms with Crippen LogP contribution in [0.5, 0.6) is 5.88 Å². The molecule has 0 aromatic carbocycles. The van der Waals surface area contributed by atoms with Crippen molar-refractivity contribution < 1.29 is 28.2 Å². The molecule has 1 aromatic rings. The average molecular weight is 233 g/mol. The van der Waals surface area contributed by atoms with Crippen LogP contribution in [-0.2, 0) is 11.0 Å². The number of aliphatic carboxylic acids is 1. The van der Waals surface area contributed by atoms with Gasteiger partial charge in [0, 0.05) is 12.3 Å². The van der Waals surface area contributed by atoms with Gasteiger partial charge in [-0.1, -0.05) is 0 Å². The zero-order valence-corrected chi connectivity index (χ0v) is 7.69. The van der Waals surface area contributed by atoms with Gasteiger partial charge >= 0.3 is 12.1 Å². The second kappa shape index (κ2) is 4.21. The predicted octanol–water partition coefficient (Wildman–Crippen LogP) is 1.90. The third kappa shape index (κ3) is 2.97. The molecule has 0 radical (unpaired) electrons. The highest BCUT2D eigenvalue weighted by atomic mass is 19.4. The van der Waals surface area contributed by atoms with E-state index >= 15 is 0 Å². The van der Waals surface area contributed by atoms with Gasteiger partial charge in [0.15, 0.2) is 0 Å². The first-order valence-electron chi connectivity index (χ1n) is 3.98. The molecule has 0 saturated heterocycles.